The molecule has 3 nitrogen and oxygen atoms in total. The molecule has 1 aromatic rings. The van der Waals surface area contributed by atoms with Crippen LogP contribution in [-0.2, 0) is 6.42 Å². The van der Waals surface area contributed by atoms with Crippen LogP contribution in [0.25, 0.3) is 0 Å². The first kappa shape index (κ1) is 23.7. The maximum absolute atomic E-state index is 11.1. The first-order valence-electron chi connectivity index (χ1n) is 12.6. The van der Waals surface area contributed by atoms with Gasteiger partial charge in [-0.25, -0.2) is 0 Å². The smallest absolute Gasteiger partial charge is 0.133 e. The summed E-state index contributed by atoms with van der Waals surface area (Å²) >= 11 is 1.37. The number of hydrogen-bond donors (Lipinski definition) is 2. The van der Waals surface area contributed by atoms with Crippen LogP contribution in [0, 0.1) is 33.3 Å². The number of aryl methyl sites for hydroxylation is 1. The molecule has 0 saturated heterocycles. The Balaban J connectivity index is 1.55. The summed E-state index contributed by atoms with van der Waals surface area (Å²) < 4.78 is 0. The number of nitriles is 1. The van der Waals surface area contributed by atoms with Crippen LogP contribution >= 0.6 is 11.8 Å². The largest absolute Gasteiger partial charge is 0.508 e. The second kappa shape index (κ2) is 9.82. The SMILES string of the molecule is C=C[C@@]12CCc3cc(O)ccc3[C@H]1[C@@H](CCCCCCCSC#N)C[C@@]1(C)[C@H]2CC[C@@H]1O. The van der Waals surface area contributed by atoms with Crippen molar-refractivity contribution in [3.63, 3.8) is 0 Å². The highest BCUT2D eigenvalue weighted by atomic mass is 32.2. The Morgan fingerprint density at radius 1 is 1.22 bits per heavy atom. The van der Waals surface area contributed by atoms with E-state index in [0.717, 1.165) is 44.3 Å². The highest BCUT2D eigenvalue weighted by Crippen LogP contribution is 2.69. The molecule has 32 heavy (non-hydrogen) atoms. The molecule has 2 N–H and O–H groups in total. The lowest BCUT2D eigenvalue weighted by molar-refractivity contribution is -0.0812. The number of phenolic OH excluding ortho intramolecular Hbond substituents is 1. The number of benzene rings is 1. The second-order valence-corrected chi connectivity index (χ2v) is 11.7. The monoisotopic (exact) mass is 453 g/mol. The summed E-state index contributed by atoms with van der Waals surface area (Å²) in [6.45, 7) is 6.74. The molecule has 0 spiro atoms. The Kier molecular flexibility index (Phi) is 7.27. The molecule has 0 bridgehead atoms. The van der Waals surface area contributed by atoms with Crippen molar-refractivity contribution in [2.75, 3.05) is 5.75 Å². The highest BCUT2D eigenvalue weighted by Gasteiger charge is 2.63. The number of thiocyanates is 1. The number of thioether (sulfide) groups is 1. The van der Waals surface area contributed by atoms with Gasteiger partial charge in [0.25, 0.3) is 0 Å². The van der Waals surface area contributed by atoms with E-state index in [2.05, 4.69) is 31.0 Å². The van der Waals surface area contributed by atoms with Gasteiger partial charge in [-0.15, -0.1) is 6.58 Å². The van der Waals surface area contributed by atoms with Gasteiger partial charge in [-0.1, -0.05) is 44.7 Å². The number of nitrogens with zero attached hydrogens (tertiary/aromatic N) is 1. The van der Waals surface area contributed by atoms with Crippen molar-refractivity contribution in [3.8, 4) is 11.2 Å². The summed E-state index contributed by atoms with van der Waals surface area (Å²) in [6, 6.07) is 6.03. The van der Waals surface area contributed by atoms with E-state index >= 15 is 0 Å². The van der Waals surface area contributed by atoms with Crippen LogP contribution in [0.2, 0.25) is 0 Å². The van der Waals surface area contributed by atoms with Gasteiger partial charge in [0.05, 0.1) is 6.10 Å². The Morgan fingerprint density at radius 3 is 2.78 bits per heavy atom. The van der Waals surface area contributed by atoms with Crippen molar-refractivity contribution >= 4 is 11.8 Å². The fourth-order valence-corrected chi connectivity index (χ4v) is 8.29. The van der Waals surface area contributed by atoms with Crippen molar-refractivity contribution in [1.82, 2.24) is 0 Å². The topological polar surface area (TPSA) is 64.2 Å². The third-order valence-electron chi connectivity index (χ3n) is 9.24. The van der Waals surface area contributed by atoms with E-state index in [1.54, 1.807) is 0 Å². The number of unbranched alkanes of at least 4 members (excludes halogenated alkanes) is 4. The molecular formula is C28H39NO2S. The standard InChI is InChI=1S/C28H39NO2S/c1-3-28-15-14-20-17-22(30)10-11-23(20)26(28)21(9-7-5-4-6-8-16-32-19-29)18-27(2)24(28)12-13-25(27)31/h3,10-11,17,21,24-26,30-31H,1,4-9,12-16,18H2,2H3/t21-,24+,25-,26+,27-,28-/m0/s1. The Labute approximate surface area is 198 Å². The average Bonchev–Trinajstić information content (AvgIpc) is 3.09. The fraction of sp³-hybridized carbons (Fsp3) is 0.679. The van der Waals surface area contributed by atoms with Gasteiger partial charge < -0.3 is 10.2 Å². The quantitative estimate of drug-likeness (QED) is 0.241. The molecule has 3 aliphatic rings. The molecule has 0 radical (unpaired) electrons. The van der Waals surface area contributed by atoms with Crippen molar-refractivity contribution < 1.29 is 10.2 Å². The van der Waals surface area contributed by atoms with Crippen molar-refractivity contribution in [3.05, 3.63) is 42.0 Å². The van der Waals surface area contributed by atoms with E-state index in [9.17, 15) is 10.2 Å². The minimum absolute atomic E-state index is 0.0156. The van der Waals surface area contributed by atoms with Crippen LogP contribution in [0.4, 0.5) is 0 Å². The lowest BCUT2D eigenvalue weighted by atomic mass is 9.44. The zero-order valence-electron chi connectivity index (χ0n) is 19.6. The first-order chi connectivity index (χ1) is 15.5. The summed E-state index contributed by atoms with van der Waals surface area (Å²) in [5.41, 5.74) is 2.77. The molecule has 2 saturated carbocycles. The van der Waals surface area contributed by atoms with Crippen LogP contribution in [0.1, 0.15) is 88.2 Å². The number of fused-ring (bicyclic) bond motifs is 5. The van der Waals surface area contributed by atoms with Gasteiger partial charge in [-0.2, -0.15) is 5.26 Å². The van der Waals surface area contributed by atoms with Crippen molar-refractivity contribution in [2.24, 2.45) is 22.7 Å². The maximum atomic E-state index is 11.1. The zero-order valence-corrected chi connectivity index (χ0v) is 20.4. The molecule has 4 heteroatoms. The number of aromatic hydroxyl groups is 1. The van der Waals surface area contributed by atoms with Crippen molar-refractivity contribution in [2.45, 2.75) is 89.6 Å². The Hall–Kier alpha value is -1.44. The van der Waals surface area contributed by atoms with E-state index < -0.39 is 0 Å². The first-order valence-corrected chi connectivity index (χ1v) is 13.6. The molecule has 0 unspecified atom stereocenters. The lowest BCUT2D eigenvalue weighted by Crippen LogP contribution is -2.54. The van der Waals surface area contributed by atoms with E-state index in [1.165, 1.54) is 55.0 Å². The fourth-order valence-electron chi connectivity index (χ4n) is 7.85. The van der Waals surface area contributed by atoms with E-state index in [1.807, 2.05) is 12.1 Å². The van der Waals surface area contributed by atoms with Gasteiger partial charge in [-0.3, -0.25) is 0 Å². The highest BCUT2D eigenvalue weighted by molar-refractivity contribution is 8.03. The normalized spacial score (nSPS) is 35.4. The van der Waals surface area contributed by atoms with Crippen molar-refractivity contribution in [1.29, 1.82) is 5.26 Å². The molecule has 0 aliphatic heterocycles. The summed E-state index contributed by atoms with van der Waals surface area (Å²) in [4.78, 5) is 0. The number of aliphatic hydroxyl groups is 1. The third kappa shape index (κ3) is 4.12. The molecule has 0 amide bonds. The lowest BCUT2D eigenvalue weighted by Gasteiger charge is -2.60. The number of allylic oxidation sites excluding steroid dienone is 1. The molecule has 3 aliphatic carbocycles. The van der Waals surface area contributed by atoms with E-state index in [0.29, 0.717) is 23.5 Å². The predicted molar refractivity (Wildman–Crippen MR) is 133 cm³/mol. The minimum Gasteiger partial charge on any atom is -0.508 e. The van der Waals surface area contributed by atoms with Crippen LogP contribution in [0.15, 0.2) is 30.9 Å². The maximum Gasteiger partial charge on any atom is 0.133 e. The molecule has 6 atom stereocenters. The van der Waals surface area contributed by atoms with Crippen LogP contribution < -0.4 is 0 Å². The average molecular weight is 454 g/mol. The van der Waals surface area contributed by atoms with Gasteiger partial charge in [0.2, 0.25) is 0 Å². The molecule has 0 aromatic heterocycles. The van der Waals surface area contributed by atoms with Gasteiger partial charge in [0, 0.05) is 5.75 Å². The zero-order chi connectivity index (χ0) is 22.8. The molecule has 0 heterocycles. The summed E-state index contributed by atoms with van der Waals surface area (Å²) in [5, 5.41) is 32.0. The predicted octanol–water partition coefficient (Wildman–Crippen LogP) is 6.95. The molecule has 174 valence electrons. The van der Waals surface area contributed by atoms with Gasteiger partial charge in [-0.05, 0) is 109 Å². The van der Waals surface area contributed by atoms with E-state index in [4.69, 9.17) is 5.26 Å². The summed E-state index contributed by atoms with van der Waals surface area (Å²) in [6.07, 6.45) is 14.5. The number of phenols is 1. The number of rotatable bonds is 9. The van der Waals surface area contributed by atoms with Crippen LogP contribution in [0.5, 0.6) is 5.75 Å². The Bertz CT molecular complexity index is 863. The summed E-state index contributed by atoms with van der Waals surface area (Å²) in [5.74, 6) is 2.80. The minimum atomic E-state index is -0.202. The van der Waals surface area contributed by atoms with Gasteiger partial charge in [0.1, 0.15) is 11.2 Å². The van der Waals surface area contributed by atoms with Crippen LogP contribution in [0.3, 0.4) is 0 Å². The number of hydrogen-bond acceptors (Lipinski definition) is 4. The van der Waals surface area contributed by atoms with Gasteiger partial charge in [0.15, 0.2) is 0 Å². The summed E-state index contributed by atoms with van der Waals surface area (Å²) in [7, 11) is 0. The molecule has 1 aromatic carbocycles. The van der Waals surface area contributed by atoms with Gasteiger partial charge >= 0.3 is 0 Å². The second-order valence-electron chi connectivity index (χ2n) is 10.8. The molecule has 4 rings (SSSR count). The van der Waals surface area contributed by atoms with Crippen LogP contribution in [-0.4, -0.2) is 22.1 Å². The van der Waals surface area contributed by atoms with E-state index in [-0.39, 0.29) is 16.9 Å². The molecular weight excluding hydrogens is 414 g/mol. The molecule has 2 fully saturated rings. The number of aliphatic hydroxyl groups excluding tert-OH is 1. The third-order valence-corrected chi connectivity index (χ3v) is 9.86. The Morgan fingerprint density at radius 2 is 2.00 bits per heavy atom.